The van der Waals surface area contributed by atoms with E-state index in [0.29, 0.717) is 11.8 Å². The smallest absolute Gasteiger partial charge is 0.0568 e. The van der Waals surface area contributed by atoms with Gasteiger partial charge in [0.1, 0.15) is 0 Å². The van der Waals surface area contributed by atoms with E-state index in [1.807, 2.05) is 0 Å². The average Bonchev–Trinajstić information content (AvgIpc) is 2.15. The largest absolute Gasteiger partial charge is 0.393 e. The van der Waals surface area contributed by atoms with Crippen molar-refractivity contribution in [1.82, 2.24) is 0 Å². The maximum atomic E-state index is 9.81. The zero-order chi connectivity index (χ0) is 10.4. The summed E-state index contributed by atoms with van der Waals surface area (Å²) < 4.78 is 0. The number of allylic oxidation sites excluding steroid dienone is 2. The Morgan fingerprint density at radius 1 is 1.36 bits per heavy atom. The van der Waals surface area contributed by atoms with Gasteiger partial charge in [0.15, 0.2) is 0 Å². The van der Waals surface area contributed by atoms with Crippen molar-refractivity contribution in [2.45, 2.75) is 58.5 Å². The molecule has 0 radical (unpaired) electrons. The lowest BCUT2D eigenvalue weighted by molar-refractivity contribution is 0.0875. The van der Waals surface area contributed by atoms with Crippen molar-refractivity contribution >= 4 is 0 Å². The van der Waals surface area contributed by atoms with Crippen LogP contribution in [0.5, 0.6) is 0 Å². The second kappa shape index (κ2) is 6.23. The van der Waals surface area contributed by atoms with Gasteiger partial charge in [-0.25, -0.2) is 0 Å². The van der Waals surface area contributed by atoms with Gasteiger partial charge in [-0.15, -0.1) is 0 Å². The van der Waals surface area contributed by atoms with Crippen LogP contribution in [0, 0.1) is 11.8 Å². The van der Waals surface area contributed by atoms with Crippen LogP contribution in [0.4, 0.5) is 0 Å². The molecule has 0 heterocycles. The van der Waals surface area contributed by atoms with E-state index in [4.69, 9.17) is 0 Å². The monoisotopic (exact) mass is 196 g/mol. The zero-order valence-corrected chi connectivity index (χ0v) is 9.58. The molecule has 0 aromatic heterocycles. The number of rotatable bonds is 3. The average molecular weight is 196 g/mol. The van der Waals surface area contributed by atoms with Crippen molar-refractivity contribution in [3.63, 3.8) is 0 Å². The first-order valence-electron chi connectivity index (χ1n) is 6.10. The van der Waals surface area contributed by atoms with E-state index in [1.54, 1.807) is 0 Å². The molecule has 1 aliphatic rings. The Kier molecular flexibility index (Phi) is 5.24. The predicted molar refractivity (Wildman–Crippen MR) is 61.2 cm³/mol. The second-order valence-electron chi connectivity index (χ2n) is 4.56. The third kappa shape index (κ3) is 3.45. The standard InChI is InChI=1S/C13H24O/c1-3-13(14)11(2)12-9-7-5-4-6-8-10-12/h7,9,11-14H,3-6,8,10H2,1-2H3/b9-7-. The highest BCUT2D eigenvalue weighted by molar-refractivity contribution is 4.93. The number of hydrogen-bond acceptors (Lipinski definition) is 1. The number of hydrogen-bond donors (Lipinski definition) is 1. The van der Waals surface area contributed by atoms with Crippen LogP contribution >= 0.6 is 0 Å². The summed E-state index contributed by atoms with van der Waals surface area (Å²) in [5.74, 6) is 1.03. The van der Waals surface area contributed by atoms with Crippen LogP contribution in [0.2, 0.25) is 0 Å². The maximum Gasteiger partial charge on any atom is 0.0568 e. The van der Waals surface area contributed by atoms with Gasteiger partial charge in [-0.3, -0.25) is 0 Å². The number of aliphatic hydroxyl groups excluding tert-OH is 1. The van der Waals surface area contributed by atoms with Crippen LogP contribution in [0.1, 0.15) is 52.4 Å². The summed E-state index contributed by atoms with van der Waals surface area (Å²) in [6.07, 6.45) is 11.9. The fourth-order valence-electron chi connectivity index (χ4n) is 2.28. The Balaban J connectivity index is 2.50. The molecule has 1 N–H and O–H groups in total. The third-order valence-corrected chi connectivity index (χ3v) is 3.49. The Labute approximate surface area is 88.2 Å². The van der Waals surface area contributed by atoms with Crippen molar-refractivity contribution in [2.24, 2.45) is 11.8 Å². The van der Waals surface area contributed by atoms with E-state index in [1.165, 1.54) is 32.1 Å². The summed E-state index contributed by atoms with van der Waals surface area (Å²) in [5.41, 5.74) is 0. The molecule has 0 bridgehead atoms. The van der Waals surface area contributed by atoms with E-state index in [9.17, 15) is 5.11 Å². The van der Waals surface area contributed by atoms with E-state index in [0.717, 1.165) is 6.42 Å². The zero-order valence-electron chi connectivity index (χ0n) is 9.58. The van der Waals surface area contributed by atoms with Crippen molar-refractivity contribution in [3.05, 3.63) is 12.2 Å². The highest BCUT2D eigenvalue weighted by Gasteiger charge is 2.20. The molecular formula is C13H24O. The van der Waals surface area contributed by atoms with Gasteiger partial charge in [0.25, 0.3) is 0 Å². The summed E-state index contributed by atoms with van der Waals surface area (Å²) in [6, 6.07) is 0. The summed E-state index contributed by atoms with van der Waals surface area (Å²) in [5, 5.41) is 9.81. The fraction of sp³-hybridized carbons (Fsp3) is 0.846. The molecule has 0 spiro atoms. The van der Waals surface area contributed by atoms with Crippen LogP contribution < -0.4 is 0 Å². The highest BCUT2D eigenvalue weighted by Crippen LogP contribution is 2.26. The van der Waals surface area contributed by atoms with Gasteiger partial charge in [0.2, 0.25) is 0 Å². The molecule has 82 valence electrons. The minimum absolute atomic E-state index is 0.121. The second-order valence-corrected chi connectivity index (χ2v) is 4.56. The first-order valence-corrected chi connectivity index (χ1v) is 6.10. The molecule has 0 aliphatic heterocycles. The normalized spacial score (nSPS) is 30.1. The molecular weight excluding hydrogens is 172 g/mol. The molecule has 0 saturated heterocycles. The van der Waals surface area contributed by atoms with E-state index in [2.05, 4.69) is 26.0 Å². The predicted octanol–water partition coefficient (Wildman–Crippen LogP) is 3.53. The van der Waals surface area contributed by atoms with Gasteiger partial charge in [-0.05, 0) is 37.5 Å². The van der Waals surface area contributed by atoms with Crippen LogP contribution in [-0.2, 0) is 0 Å². The SMILES string of the molecule is CCC(O)C(C)C1/C=C\CCCCC1. The maximum absolute atomic E-state index is 9.81. The molecule has 0 aromatic carbocycles. The topological polar surface area (TPSA) is 20.2 Å². The van der Waals surface area contributed by atoms with Gasteiger partial charge in [0, 0.05) is 0 Å². The van der Waals surface area contributed by atoms with Gasteiger partial charge in [0.05, 0.1) is 6.10 Å². The fourth-order valence-corrected chi connectivity index (χ4v) is 2.28. The first kappa shape index (κ1) is 11.8. The molecule has 1 heteroatoms. The highest BCUT2D eigenvalue weighted by atomic mass is 16.3. The van der Waals surface area contributed by atoms with Crippen molar-refractivity contribution < 1.29 is 5.11 Å². The van der Waals surface area contributed by atoms with Gasteiger partial charge < -0.3 is 5.11 Å². The third-order valence-electron chi connectivity index (χ3n) is 3.49. The molecule has 0 fully saturated rings. The number of aliphatic hydroxyl groups is 1. The molecule has 14 heavy (non-hydrogen) atoms. The molecule has 0 amide bonds. The van der Waals surface area contributed by atoms with Crippen molar-refractivity contribution in [2.75, 3.05) is 0 Å². The van der Waals surface area contributed by atoms with Crippen LogP contribution in [0.3, 0.4) is 0 Å². The first-order chi connectivity index (χ1) is 6.75. The van der Waals surface area contributed by atoms with Gasteiger partial charge in [-0.1, -0.05) is 38.8 Å². The molecule has 1 rings (SSSR count). The minimum Gasteiger partial charge on any atom is -0.393 e. The molecule has 3 atom stereocenters. The molecule has 1 aliphatic carbocycles. The van der Waals surface area contributed by atoms with Crippen LogP contribution in [0.15, 0.2) is 12.2 Å². The Bertz CT molecular complexity index is 174. The van der Waals surface area contributed by atoms with E-state index < -0.39 is 0 Å². The lowest BCUT2D eigenvalue weighted by Gasteiger charge is -2.26. The summed E-state index contributed by atoms with van der Waals surface area (Å²) in [7, 11) is 0. The van der Waals surface area contributed by atoms with E-state index in [-0.39, 0.29) is 6.10 Å². The Hall–Kier alpha value is -0.300. The summed E-state index contributed by atoms with van der Waals surface area (Å²) >= 11 is 0. The van der Waals surface area contributed by atoms with Gasteiger partial charge in [-0.2, -0.15) is 0 Å². The molecule has 1 nitrogen and oxygen atoms in total. The molecule has 0 aromatic rings. The van der Waals surface area contributed by atoms with Gasteiger partial charge >= 0.3 is 0 Å². The molecule has 0 saturated carbocycles. The summed E-state index contributed by atoms with van der Waals surface area (Å²) in [6.45, 7) is 4.25. The van der Waals surface area contributed by atoms with Crippen molar-refractivity contribution in [1.29, 1.82) is 0 Å². The van der Waals surface area contributed by atoms with Crippen molar-refractivity contribution in [3.8, 4) is 0 Å². The Morgan fingerprint density at radius 3 is 2.86 bits per heavy atom. The lowest BCUT2D eigenvalue weighted by Crippen LogP contribution is -2.24. The molecule has 3 unspecified atom stereocenters. The Morgan fingerprint density at radius 2 is 2.14 bits per heavy atom. The van der Waals surface area contributed by atoms with Crippen LogP contribution in [-0.4, -0.2) is 11.2 Å². The minimum atomic E-state index is -0.121. The van der Waals surface area contributed by atoms with Crippen LogP contribution in [0.25, 0.3) is 0 Å². The van der Waals surface area contributed by atoms with E-state index >= 15 is 0 Å². The lowest BCUT2D eigenvalue weighted by atomic mass is 9.83. The summed E-state index contributed by atoms with van der Waals surface area (Å²) in [4.78, 5) is 0. The quantitative estimate of drug-likeness (QED) is 0.685.